The predicted molar refractivity (Wildman–Crippen MR) is 79.3 cm³/mol. The molecule has 0 radical (unpaired) electrons. The van der Waals surface area contributed by atoms with E-state index in [0.29, 0.717) is 12.3 Å². The molecule has 0 atom stereocenters. The van der Waals surface area contributed by atoms with Crippen molar-refractivity contribution in [1.29, 1.82) is 0 Å². The molecule has 1 amide bonds. The topological polar surface area (TPSA) is 77.0 Å². The van der Waals surface area contributed by atoms with Crippen LogP contribution in [0.15, 0.2) is 5.16 Å². The first-order valence-corrected chi connectivity index (χ1v) is 8.20. The van der Waals surface area contributed by atoms with Crippen LogP contribution in [0.25, 0.3) is 0 Å². The van der Waals surface area contributed by atoms with Gasteiger partial charge in [0, 0.05) is 20.1 Å². The smallest absolute Gasteiger partial charge is 0.233 e. The molecule has 1 aliphatic rings. The minimum Gasteiger partial charge on any atom is -0.342 e. The summed E-state index contributed by atoms with van der Waals surface area (Å²) in [6.07, 6.45) is 6.02. The SMILES string of the molecule is Cn1c(CN)nnc1SCC(=O)N1CCCCCCC1. The Balaban J connectivity index is 1.85. The molecule has 0 unspecified atom stereocenters. The van der Waals surface area contributed by atoms with Crippen molar-refractivity contribution in [3.8, 4) is 0 Å². The van der Waals surface area contributed by atoms with Crippen LogP contribution in [0.5, 0.6) is 0 Å². The van der Waals surface area contributed by atoms with Gasteiger partial charge in [0.2, 0.25) is 5.91 Å². The van der Waals surface area contributed by atoms with Crippen molar-refractivity contribution in [2.75, 3.05) is 18.8 Å². The van der Waals surface area contributed by atoms with Crippen molar-refractivity contribution < 1.29 is 4.79 Å². The van der Waals surface area contributed by atoms with Crippen LogP contribution in [-0.2, 0) is 18.4 Å². The van der Waals surface area contributed by atoms with Gasteiger partial charge in [-0.15, -0.1) is 10.2 Å². The van der Waals surface area contributed by atoms with E-state index >= 15 is 0 Å². The fourth-order valence-electron chi connectivity index (χ4n) is 2.36. The summed E-state index contributed by atoms with van der Waals surface area (Å²) in [7, 11) is 1.88. The van der Waals surface area contributed by atoms with Gasteiger partial charge >= 0.3 is 0 Å². The Bertz CT molecular complexity index is 440. The van der Waals surface area contributed by atoms with Gasteiger partial charge in [-0.2, -0.15) is 0 Å². The maximum Gasteiger partial charge on any atom is 0.233 e. The Labute approximate surface area is 124 Å². The van der Waals surface area contributed by atoms with Crippen molar-refractivity contribution in [3.63, 3.8) is 0 Å². The molecule has 0 bridgehead atoms. The van der Waals surface area contributed by atoms with Crippen LogP contribution in [0.1, 0.15) is 37.9 Å². The van der Waals surface area contributed by atoms with Gasteiger partial charge in [-0.25, -0.2) is 0 Å². The predicted octanol–water partition coefficient (Wildman–Crippen LogP) is 1.16. The second-order valence-corrected chi connectivity index (χ2v) is 6.04. The zero-order valence-corrected chi connectivity index (χ0v) is 12.9. The van der Waals surface area contributed by atoms with Crippen LogP contribution in [0.2, 0.25) is 0 Å². The van der Waals surface area contributed by atoms with Crippen molar-refractivity contribution in [2.24, 2.45) is 12.8 Å². The summed E-state index contributed by atoms with van der Waals surface area (Å²) in [6.45, 7) is 2.16. The molecule has 1 aromatic rings. The van der Waals surface area contributed by atoms with E-state index in [0.717, 1.165) is 36.9 Å². The number of carbonyl (C=O) groups excluding carboxylic acids is 1. The summed E-state index contributed by atoms with van der Waals surface area (Å²) >= 11 is 1.44. The molecule has 0 spiro atoms. The minimum atomic E-state index is 0.203. The lowest BCUT2D eigenvalue weighted by molar-refractivity contribution is -0.128. The van der Waals surface area contributed by atoms with Gasteiger partial charge in [0.25, 0.3) is 0 Å². The zero-order valence-electron chi connectivity index (χ0n) is 12.0. The Hall–Kier alpha value is -1.08. The quantitative estimate of drug-likeness (QED) is 0.844. The number of aromatic nitrogens is 3. The summed E-state index contributed by atoms with van der Waals surface area (Å²) in [4.78, 5) is 14.2. The summed E-state index contributed by atoms with van der Waals surface area (Å²) in [6, 6.07) is 0. The average molecular weight is 297 g/mol. The van der Waals surface area contributed by atoms with Crippen molar-refractivity contribution in [3.05, 3.63) is 5.82 Å². The number of nitrogens with two attached hydrogens (primary N) is 1. The molecule has 6 nitrogen and oxygen atoms in total. The first kappa shape index (κ1) is 15.3. The van der Waals surface area contributed by atoms with Gasteiger partial charge in [-0.1, -0.05) is 31.0 Å². The Morgan fingerprint density at radius 2 is 1.85 bits per heavy atom. The minimum absolute atomic E-state index is 0.203. The fourth-order valence-corrected chi connectivity index (χ4v) is 3.20. The Kier molecular flexibility index (Phi) is 5.85. The first-order chi connectivity index (χ1) is 9.72. The van der Waals surface area contributed by atoms with E-state index in [-0.39, 0.29) is 5.91 Å². The normalized spacial score (nSPS) is 16.8. The molecule has 1 saturated heterocycles. The van der Waals surface area contributed by atoms with E-state index < -0.39 is 0 Å². The summed E-state index contributed by atoms with van der Waals surface area (Å²) in [5.41, 5.74) is 5.56. The molecule has 2 N–H and O–H groups in total. The van der Waals surface area contributed by atoms with E-state index in [4.69, 9.17) is 5.73 Å². The Morgan fingerprint density at radius 3 is 2.45 bits per heavy atom. The van der Waals surface area contributed by atoms with Crippen molar-refractivity contribution >= 4 is 17.7 Å². The van der Waals surface area contributed by atoms with Crippen LogP contribution in [-0.4, -0.2) is 44.4 Å². The van der Waals surface area contributed by atoms with Crippen LogP contribution in [0.3, 0.4) is 0 Å². The number of likely N-dealkylation sites (tertiary alicyclic amines) is 1. The molecular weight excluding hydrogens is 274 g/mol. The lowest BCUT2D eigenvalue weighted by Crippen LogP contribution is -2.35. The highest BCUT2D eigenvalue weighted by Crippen LogP contribution is 2.17. The highest BCUT2D eigenvalue weighted by Gasteiger charge is 2.16. The third-order valence-corrected chi connectivity index (χ3v) is 4.65. The molecule has 1 aromatic heterocycles. The second kappa shape index (κ2) is 7.64. The van der Waals surface area contributed by atoms with Gasteiger partial charge in [0.15, 0.2) is 5.16 Å². The average Bonchev–Trinajstić information content (AvgIpc) is 2.76. The molecule has 1 aliphatic heterocycles. The number of rotatable bonds is 4. The number of carbonyl (C=O) groups is 1. The zero-order chi connectivity index (χ0) is 14.4. The summed E-state index contributed by atoms with van der Waals surface area (Å²) in [5.74, 6) is 1.37. The van der Waals surface area contributed by atoms with E-state index in [1.807, 2.05) is 16.5 Å². The van der Waals surface area contributed by atoms with E-state index in [1.165, 1.54) is 31.0 Å². The van der Waals surface area contributed by atoms with Crippen LogP contribution >= 0.6 is 11.8 Å². The number of hydrogen-bond acceptors (Lipinski definition) is 5. The highest BCUT2D eigenvalue weighted by atomic mass is 32.2. The number of thioether (sulfide) groups is 1. The molecule has 0 saturated carbocycles. The molecule has 2 heterocycles. The number of amides is 1. The van der Waals surface area contributed by atoms with Crippen LogP contribution < -0.4 is 5.73 Å². The van der Waals surface area contributed by atoms with Gasteiger partial charge < -0.3 is 15.2 Å². The van der Waals surface area contributed by atoms with E-state index in [9.17, 15) is 4.79 Å². The molecule has 0 aliphatic carbocycles. The van der Waals surface area contributed by atoms with Crippen molar-refractivity contribution in [2.45, 2.75) is 43.8 Å². The maximum absolute atomic E-state index is 12.2. The first-order valence-electron chi connectivity index (χ1n) is 7.21. The Morgan fingerprint density at radius 1 is 1.20 bits per heavy atom. The van der Waals surface area contributed by atoms with Gasteiger partial charge in [-0.3, -0.25) is 4.79 Å². The van der Waals surface area contributed by atoms with Gasteiger partial charge in [0.05, 0.1) is 12.3 Å². The molecule has 2 rings (SSSR count). The molecular formula is C13H23N5OS. The van der Waals surface area contributed by atoms with Crippen LogP contribution in [0.4, 0.5) is 0 Å². The van der Waals surface area contributed by atoms with Gasteiger partial charge in [-0.05, 0) is 12.8 Å². The molecule has 7 heteroatoms. The molecule has 20 heavy (non-hydrogen) atoms. The number of nitrogens with zero attached hydrogens (tertiary/aromatic N) is 4. The maximum atomic E-state index is 12.2. The monoisotopic (exact) mass is 297 g/mol. The lowest BCUT2D eigenvalue weighted by Gasteiger charge is -2.24. The summed E-state index contributed by atoms with van der Waals surface area (Å²) in [5, 5.41) is 8.81. The van der Waals surface area contributed by atoms with E-state index in [2.05, 4.69) is 10.2 Å². The molecule has 112 valence electrons. The lowest BCUT2D eigenvalue weighted by atomic mass is 10.1. The standard InChI is InChI=1S/C13H23N5OS/c1-17-11(9-14)15-16-13(17)20-10-12(19)18-7-5-3-2-4-6-8-18/h2-10,14H2,1H3. The third kappa shape index (κ3) is 3.96. The van der Waals surface area contributed by atoms with Crippen molar-refractivity contribution in [1.82, 2.24) is 19.7 Å². The third-order valence-electron chi connectivity index (χ3n) is 3.64. The van der Waals surface area contributed by atoms with Gasteiger partial charge in [0.1, 0.15) is 5.82 Å². The molecule has 0 aromatic carbocycles. The fraction of sp³-hybridized carbons (Fsp3) is 0.769. The van der Waals surface area contributed by atoms with E-state index in [1.54, 1.807) is 0 Å². The highest BCUT2D eigenvalue weighted by molar-refractivity contribution is 7.99. The largest absolute Gasteiger partial charge is 0.342 e. The molecule has 1 fully saturated rings. The summed E-state index contributed by atoms with van der Waals surface area (Å²) < 4.78 is 1.85. The second-order valence-electron chi connectivity index (χ2n) is 5.10. The number of hydrogen-bond donors (Lipinski definition) is 1. The van der Waals surface area contributed by atoms with Crippen LogP contribution in [0, 0.1) is 0 Å².